The van der Waals surface area contributed by atoms with E-state index in [1.165, 1.54) is 12.1 Å². The summed E-state index contributed by atoms with van der Waals surface area (Å²) in [6.45, 7) is 10.6. The molecule has 3 heterocycles. The van der Waals surface area contributed by atoms with Gasteiger partial charge < -0.3 is 20.4 Å². The van der Waals surface area contributed by atoms with Crippen molar-refractivity contribution in [2.24, 2.45) is 5.92 Å². The molecule has 3 aliphatic rings. The highest BCUT2D eigenvalue weighted by atomic mass is 19.1. The lowest BCUT2D eigenvalue weighted by Gasteiger charge is -2.27. The molecule has 2 atom stereocenters. The molecule has 1 fully saturated rings. The third-order valence-electron chi connectivity index (χ3n) is 6.79. The second kappa shape index (κ2) is 8.83. The number of allylic oxidation sites excluding steroid dienone is 1. The van der Waals surface area contributed by atoms with Crippen molar-refractivity contribution in [3.63, 3.8) is 0 Å². The van der Waals surface area contributed by atoms with Crippen molar-refractivity contribution in [2.45, 2.75) is 39.7 Å². The van der Waals surface area contributed by atoms with E-state index in [0.29, 0.717) is 16.8 Å². The molecule has 6 nitrogen and oxygen atoms in total. The van der Waals surface area contributed by atoms with Gasteiger partial charge in [0.2, 0.25) is 5.91 Å². The van der Waals surface area contributed by atoms with Crippen molar-refractivity contribution < 1.29 is 14.0 Å². The van der Waals surface area contributed by atoms with Crippen LogP contribution in [0.1, 0.15) is 39.2 Å². The predicted octanol–water partition coefficient (Wildman–Crippen LogP) is 2.99. The number of anilines is 1. The highest BCUT2D eigenvalue weighted by Crippen LogP contribution is 2.37. The van der Waals surface area contributed by atoms with Gasteiger partial charge in [0.15, 0.2) is 0 Å². The summed E-state index contributed by atoms with van der Waals surface area (Å²) >= 11 is 0. The Bertz CT molecular complexity index is 951. The molecule has 1 saturated heterocycles. The number of rotatable bonds is 6. The molecule has 2 N–H and O–H groups in total. The molecular formula is C24H31FN4O2. The van der Waals surface area contributed by atoms with Crippen molar-refractivity contribution in [3.8, 4) is 0 Å². The van der Waals surface area contributed by atoms with Crippen LogP contribution in [0.25, 0.3) is 5.57 Å². The summed E-state index contributed by atoms with van der Waals surface area (Å²) in [5, 5.41) is 6.27. The third-order valence-corrected chi connectivity index (χ3v) is 6.79. The zero-order valence-corrected chi connectivity index (χ0v) is 18.5. The normalized spacial score (nSPS) is 24.4. The largest absolute Gasteiger partial charge is 0.381 e. The number of fused-ring (bicyclic) bond motifs is 2. The van der Waals surface area contributed by atoms with Crippen LogP contribution in [0.4, 0.5) is 10.1 Å². The summed E-state index contributed by atoms with van der Waals surface area (Å²) in [5.41, 5.74) is 3.36. The minimum Gasteiger partial charge on any atom is -0.381 e. The quantitative estimate of drug-likeness (QED) is 0.687. The van der Waals surface area contributed by atoms with Crippen LogP contribution in [0.5, 0.6) is 0 Å². The van der Waals surface area contributed by atoms with Gasteiger partial charge in [0.1, 0.15) is 5.82 Å². The van der Waals surface area contributed by atoms with E-state index in [0.717, 1.165) is 56.8 Å². The van der Waals surface area contributed by atoms with Crippen LogP contribution in [-0.4, -0.2) is 60.4 Å². The van der Waals surface area contributed by atoms with Crippen LogP contribution in [0, 0.1) is 11.7 Å². The molecule has 31 heavy (non-hydrogen) atoms. The number of likely N-dealkylation sites (N-methyl/N-ethyl adjacent to an activating group) is 1. The first kappa shape index (κ1) is 21.6. The zero-order valence-electron chi connectivity index (χ0n) is 18.5. The highest BCUT2D eigenvalue weighted by molar-refractivity contribution is 6.31. The molecular weight excluding hydrogens is 395 g/mol. The van der Waals surface area contributed by atoms with Gasteiger partial charge in [-0.15, -0.1) is 0 Å². The average Bonchev–Trinajstić information content (AvgIpc) is 3.17. The first-order valence-corrected chi connectivity index (χ1v) is 11.2. The molecule has 0 radical (unpaired) electrons. The fourth-order valence-electron chi connectivity index (χ4n) is 4.90. The zero-order chi connectivity index (χ0) is 22.1. The molecule has 0 saturated carbocycles. The van der Waals surface area contributed by atoms with Crippen molar-refractivity contribution in [2.75, 3.05) is 38.0 Å². The van der Waals surface area contributed by atoms with Crippen LogP contribution in [0.3, 0.4) is 0 Å². The number of carbonyl (C=O) groups is 2. The van der Waals surface area contributed by atoms with Crippen molar-refractivity contribution in [3.05, 3.63) is 46.9 Å². The van der Waals surface area contributed by atoms with Crippen LogP contribution in [0.2, 0.25) is 0 Å². The van der Waals surface area contributed by atoms with Gasteiger partial charge in [-0.05, 0) is 62.7 Å². The smallest absolute Gasteiger partial charge is 0.256 e. The molecule has 3 aliphatic heterocycles. The molecule has 166 valence electrons. The second-order valence-electron chi connectivity index (χ2n) is 8.52. The lowest BCUT2D eigenvalue weighted by molar-refractivity contribution is -0.134. The Hall–Kier alpha value is -2.67. The molecule has 1 aromatic carbocycles. The number of nitrogens with one attached hydrogen (secondary N) is 2. The van der Waals surface area contributed by atoms with Gasteiger partial charge in [-0.1, -0.05) is 13.8 Å². The Morgan fingerprint density at radius 3 is 2.77 bits per heavy atom. The summed E-state index contributed by atoms with van der Waals surface area (Å²) in [5.74, 6) is -0.685. The first-order valence-electron chi connectivity index (χ1n) is 11.2. The van der Waals surface area contributed by atoms with Gasteiger partial charge in [0.25, 0.3) is 5.91 Å². The molecule has 2 unspecified atom stereocenters. The first-order chi connectivity index (χ1) is 14.9. The highest BCUT2D eigenvalue weighted by Gasteiger charge is 2.41. The summed E-state index contributed by atoms with van der Waals surface area (Å²) in [7, 11) is 0. The van der Waals surface area contributed by atoms with E-state index in [4.69, 9.17) is 0 Å². The molecule has 4 rings (SSSR count). The van der Waals surface area contributed by atoms with Crippen LogP contribution in [-0.2, 0) is 9.59 Å². The summed E-state index contributed by atoms with van der Waals surface area (Å²) in [4.78, 5) is 30.2. The van der Waals surface area contributed by atoms with E-state index in [9.17, 15) is 14.0 Å². The summed E-state index contributed by atoms with van der Waals surface area (Å²) < 4.78 is 13.8. The number of carbonyl (C=O) groups excluding carboxylic acids is 2. The Balaban J connectivity index is 1.58. The lowest BCUT2D eigenvalue weighted by atomic mass is 9.92. The van der Waals surface area contributed by atoms with Crippen LogP contribution in [0.15, 0.2) is 35.5 Å². The minimum absolute atomic E-state index is 0.0363. The average molecular weight is 427 g/mol. The molecule has 7 heteroatoms. The van der Waals surface area contributed by atoms with Crippen molar-refractivity contribution in [1.29, 1.82) is 0 Å². The maximum Gasteiger partial charge on any atom is 0.256 e. The lowest BCUT2D eigenvalue weighted by Crippen LogP contribution is -2.43. The predicted molar refractivity (Wildman–Crippen MR) is 120 cm³/mol. The third kappa shape index (κ3) is 4.11. The molecule has 0 bridgehead atoms. The van der Waals surface area contributed by atoms with Gasteiger partial charge in [0.05, 0.1) is 11.5 Å². The molecule has 0 aromatic heterocycles. The second-order valence-corrected chi connectivity index (χ2v) is 8.52. The molecule has 0 aliphatic carbocycles. The minimum atomic E-state index is -0.379. The number of amides is 2. The summed E-state index contributed by atoms with van der Waals surface area (Å²) in [6, 6.07) is 4.33. The number of nitrogens with zero attached hydrogens (tertiary/aromatic N) is 2. The fourth-order valence-corrected chi connectivity index (χ4v) is 4.90. The van der Waals surface area contributed by atoms with E-state index in [1.807, 2.05) is 11.8 Å². The maximum atomic E-state index is 13.8. The Labute approximate surface area is 183 Å². The maximum absolute atomic E-state index is 13.8. The number of likely N-dealkylation sites (tertiary alicyclic amines) is 1. The topological polar surface area (TPSA) is 64.7 Å². The molecule has 1 aromatic rings. The number of hydrogen-bond donors (Lipinski definition) is 2. The van der Waals surface area contributed by atoms with E-state index in [2.05, 4.69) is 29.4 Å². The number of halogens is 1. The van der Waals surface area contributed by atoms with Crippen LogP contribution >= 0.6 is 0 Å². The van der Waals surface area contributed by atoms with Gasteiger partial charge in [-0.3, -0.25) is 9.59 Å². The number of hydrogen-bond acceptors (Lipinski definition) is 4. The van der Waals surface area contributed by atoms with Gasteiger partial charge >= 0.3 is 0 Å². The van der Waals surface area contributed by atoms with Crippen LogP contribution < -0.4 is 10.6 Å². The van der Waals surface area contributed by atoms with Gasteiger partial charge in [0, 0.05) is 42.6 Å². The summed E-state index contributed by atoms with van der Waals surface area (Å²) in [6.07, 6.45) is 3.63. The van der Waals surface area contributed by atoms with Gasteiger partial charge in [-0.2, -0.15) is 0 Å². The van der Waals surface area contributed by atoms with E-state index in [-0.39, 0.29) is 29.6 Å². The Kier molecular flexibility index (Phi) is 6.14. The number of benzene rings is 1. The van der Waals surface area contributed by atoms with Gasteiger partial charge in [-0.25, -0.2) is 4.39 Å². The standard InChI is InChI=1S/C24H31FN4O2/c1-4-28(5-2)11-12-29-10-6-7-20-22(24(29)31)15(3)21(26-20)14-18-17-13-16(25)8-9-19(17)27-23(18)30/h8-9,13-14,20,22,26H,4-7,10-12H2,1-3H3,(H,27,30)/b18-14-. The fraction of sp³-hybridized carbons (Fsp3) is 0.500. The SMILES string of the molecule is CCN(CC)CCN1CCCC2NC(/C=C3\C(=O)Nc4ccc(F)cc43)=C(C)C2C1=O. The molecule has 2 amide bonds. The van der Waals surface area contributed by atoms with E-state index >= 15 is 0 Å². The molecule has 0 spiro atoms. The monoisotopic (exact) mass is 426 g/mol. The Morgan fingerprint density at radius 2 is 2.03 bits per heavy atom. The van der Waals surface area contributed by atoms with Crippen molar-refractivity contribution >= 4 is 23.1 Å². The van der Waals surface area contributed by atoms with Crippen molar-refractivity contribution in [1.82, 2.24) is 15.1 Å². The Morgan fingerprint density at radius 1 is 1.26 bits per heavy atom. The van der Waals surface area contributed by atoms with E-state index < -0.39 is 0 Å². The van der Waals surface area contributed by atoms with E-state index in [1.54, 1.807) is 12.1 Å².